The fraction of sp³-hybridized carbons (Fsp3) is 0.250. The Balaban J connectivity index is 1.90. The molecule has 3 aromatic heterocycles. The van der Waals surface area contributed by atoms with Gasteiger partial charge in [0.05, 0.1) is 5.39 Å². The van der Waals surface area contributed by atoms with Crippen molar-refractivity contribution >= 4 is 39.1 Å². The number of aromatic amines is 1. The molecular formula is C16H14ClN3O3S. The van der Waals surface area contributed by atoms with Crippen molar-refractivity contribution in [2.24, 2.45) is 0 Å². The molecule has 1 N–H and O–H groups in total. The smallest absolute Gasteiger partial charge is 0.357 e. The number of nitrogens with one attached hydrogen (secondary N) is 1. The molecule has 0 aliphatic rings. The third-order valence-corrected chi connectivity index (χ3v) is 4.99. The lowest BCUT2D eigenvalue weighted by Crippen LogP contribution is -2.17. The number of aromatic nitrogens is 3. The van der Waals surface area contributed by atoms with E-state index >= 15 is 0 Å². The van der Waals surface area contributed by atoms with Crippen molar-refractivity contribution < 1.29 is 9.53 Å². The SMILES string of the molecule is Cc1sc2nc([C@H](C)OC(=O)c3cc(Cl)ccn3)[nH]c(=O)c2c1C. The fourth-order valence-electron chi connectivity index (χ4n) is 2.26. The second-order valence-electron chi connectivity index (χ2n) is 5.32. The second-order valence-corrected chi connectivity index (χ2v) is 6.96. The van der Waals surface area contributed by atoms with Crippen molar-refractivity contribution in [1.29, 1.82) is 0 Å². The Labute approximate surface area is 146 Å². The topological polar surface area (TPSA) is 84.9 Å². The molecule has 8 heteroatoms. The van der Waals surface area contributed by atoms with E-state index in [1.807, 2.05) is 13.8 Å². The van der Waals surface area contributed by atoms with Crippen LogP contribution in [0.4, 0.5) is 0 Å². The maximum atomic E-state index is 12.3. The molecule has 0 radical (unpaired) electrons. The number of hydrogen-bond donors (Lipinski definition) is 1. The van der Waals surface area contributed by atoms with Crippen LogP contribution in [0.5, 0.6) is 0 Å². The van der Waals surface area contributed by atoms with Gasteiger partial charge in [-0.2, -0.15) is 0 Å². The van der Waals surface area contributed by atoms with Crippen molar-refractivity contribution in [3.8, 4) is 0 Å². The summed E-state index contributed by atoms with van der Waals surface area (Å²) in [5.74, 6) is -0.338. The van der Waals surface area contributed by atoms with E-state index in [1.54, 1.807) is 13.0 Å². The highest BCUT2D eigenvalue weighted by atomic mass is 35.5. The predicted octanol–water partition coefficient (Wildman–Crippen LogP) is 3.57. The van der Waals surface area contributed by atoms with E-state index in [9.17, 15) is 9.59 Å². The quantitative estimate of drug-likeness (QED) is 0.719. The monoisotopic (exact) mass is 363 g/mol. The maximum Gasteiger partial charge on any atom is 0.357 e. The maximum absolute atomic E-state index is 12.3. The highest BCUT2D eigenvalue weighted by Crippen LogP contribution is 2.27. The molecule has 3 rings (SSSR count). The number of esters is 1. The molecule has 0 bridgehead atoms. The van der Waals surface area contributed by atoms with Crippen molar-refractivity contribution in [1.82, 2.24) is 15.0 Å². The highest BCUT2D eigenvalue weighted by molar-refractivity contribution is 7.18. The first-order valence-electron chi connectivity index (χ1n) is 7.19. The number of H-pyrrole nitrogens is 1. The average Bonchev–Trinajstić information content (AvgIpc) is 2.82. The lowest BCUT2D eigenvalue weighted by Gasteiger charge is -2.12. The van der Waals surface area contributed by atoms with E-state index in [1.165, 1.54) is 23.6 Å². The zero-order valence-corrected chi connectivity index (χ0v) is 14.8. The van der Waals surface area contributed by atoms with Gasteiger partial charge < -0.3 is 9.72 Å². The van der Waals surface area contributed by atoms with Crippen molar-refractivity contribution in [3.05, 3.63) is 55.7 Å². The van der Waals surface area contributed by atoms with Crippen molar-refractivity contribution in [2.45, 2.75) is 26.9 Å². The molecule has 0 saturated carbocycles. The number of nitrogens with zero attached hydrogens (tertiary/aromatic N) is 2. The van der Waals surface area contributed by atoms with E-state index in [0.29, 0.717) is 21.1 Å². The number of ether oxygens (including phenoxy) is 1. The first-order valence-corrected chi connectivity index (χ1v) is 8.38. The van der Waals surface area contributed by atoms with Crippen LogP contribution in [0.15, 0.2) is 23.1 Å². The number of aryl methyl sites for hydroxylation is 2. The zero-order valence-electron chi connectivity index (χ0n) is 13.2. The Morgan fingerprint density at radius 2 is 2.17 bits per heavy atom. The molecular weight excluding hydrogens is 350 g/mol. The molecule has 1 atom stereocenters. The molecule has 3 aromatic rings. The number of rotatable bonds is 3. The number of carbonyl (C=O) groups excluding carboxylic acids is 1. The molecule has 0 aliphatic carbocycles. The van der Waals surface area contributed by atoms with Crippen LogP contribution in [0.3, 0.4) is 0 Å². The highest BCUT2D eigenvalue weighted by Gasteiger charge is 2.19. The molecule has 6 nitrogen and oxygen atoms in total. The second kappa shape index (κ2) is 6.33. The minimum absolute atomic E-state index is 0.0978. The summed E-state index contributed by atoms with van der Waals surface area (Å²) in [6.45, 7) is 5.47. The summed E-state index contributed by atoms with van der Waals surface area (Å²) in [5, 5.41) is 0.971. The van der Waals surface area contributed by atoms with Gasteiger partial charge in [0.15, 0.2) is 11.9 Å². The summed E-state index contributed by atoms with van der Waals surface area (Å²) in [5.41, 5.74) is 0.782. The standard InChI is InChI=1S/C16H14ClN3O3S/c1-7-9(3)24-15-12(7)14(21)19-13(20-15)8(2)23-16(22)11-6-10(17)4-5-18-11/h4-6,8H,1-3H3,(H,19,20,21)/t8-/m0/s1. The van der Waals surface area contributed by atoms with Crippen LogP contribution < -0.4 is 5.56 Å². The van der Waals surface area contributed by atoms with E-state index in [2.05, 4.69) is 15.0 Å². The van der Waals surface area contributed by atoms with Crippen LogP contribution >= 0.6 is 22.9 Å². The molecule has 3 heterocycles. The van der Waals surface area contributed by atoms with Gasteiger partial charge in [0.25, 0.3) is 5.56 Å². The molecule has 0 aromatic carbocycles. The molecule has 124 valence electrons. The number of carbonyl (C=O) groups is 1. The van der Waals surface area contributed by atoms with Crippen LogP contribution in [-0.4, -0.2) is 20.9 Å². The van der Waals surface area contributed by atoms with Crippen LogP contribution in [0, 0.1) is 13.8 Å². The molecule has 0 amide bonds. The van der Waals surface area contributed by atoms with E-state index in [4.69, 9.17) is 16.3 Å². The predicted molar refractivity (Wildman–Crippen MR) is 92.8 cm³/mol. The van der Waals surface area contributed by atoms with Gasteiger partial charge in [-0.3, -0.25) is 4.79 Å². The molecule has 0 aliphatic heterocycles. The Morgan fingerprint density at radius 3 is 2.88 bits per heavy atom. The summed E-state index contributed by atoms with van der Waals surface area (Å²) in [6.07, 6.45) is 0.700. The third kappa shape index (κ3) is 3.05. The van der Waals surface area contributed by atoms with Crippen LogP contribution in [0.2, 0.25) is 5.02 Å². The van der Waals surface area contributed by atoms with Gasteiger partial charge in [-0.1, -0.05) is 11.6 Å². The van der Waals surface area contributed by atoms with E-state index in [-0.39, 0.29) is 11.3 Å². The number of thiophene rings is 1. The summed E-state index contributed by atoms with van der Waals surface area (Å²) < 4.78 is 5.33. The van der Waals surface area contributed by atoms with Gasteiger partial charge in [-0.15, -0.1) is 11.3 Å². The average molecular weight is 364 g/mol. The fourth-order valence-corrected chi connectivity index (χ4v) is 3.45. The van der Waals surface area contributed by atoms with Gasteiger partial charge >= 0.3 is 5.97 Å². The van der Waals surface area contributed by atoms with E-state index < -0.39 is 12.1 Å². The zero-order chi connectivity index (χ0) is 17.4. The van der Waals surface area contributed by atoms with Gasteiger partial charge in [-0.25, -0.2) is 14.8 Å². The van der Waals surface area contributed by atoms with Crippen molar-refractivity contribution in [3.63, 3.8) is 0 Å². The normalized spacial score (nSPS) is 12.3. The number of halogens is 1. The van der Waals surface area contributed by atoms with Crippen LogP contribution in [0.25, 0.3) is 10.2 Å². The lowest BCUT2D eigenvalue weighted by atomic mass is 10.2. The van der Waals surface area contributed by atoms with Crippen LogP contribution in [-0.2, 0) is 4.74 Å². The van der Waals surface area contributed by atoms with Gasteiger partial charge in [0.2, 0.25) is 0 Å². The lowest BCUT2D eigenvalue weighted by molar-refractivity contribution is 0.0313. The number of hydrogen-bond acceptors (Lipinski definition) is 6. The van der Waals surface area contributed by atoms with Crippen LogP contribution in [0.1, 0.15) is 39.8 Å². The molecule has 0 unspecified atom stereocenters. The minimum Gasteiger partial charge on any atom is -0.450 e. The first kappa shape index (κ1) is 16.6. The Kier molecular flexibility index (Phi) is 4.38. The number of pyridine rings is 1. The largest absolute Gasteiger partial charge is 0.450 e. The third-order valence-electron chi connectivity index (χ3n) is 3.66. The summed E-state index contributed by atoms with van der Waals surface area (Å²) in [4.78, 5) is 37.1. The summed E-state index contributed by atoms with van der Waals surface area (Å²) in [6, 6.07) is 2.98. The Hall–Kier alpha value is -2.25. The Bertz CT molecular complexity index is 996. The summed E-state index contributed by atoms with van der Waals surface area (Å²) in [7, 11) is 0. The Morgan fingerprint density at radius 1 is 1.42 bits per heavy atom. The first-order chi connectivity index (χ1) is 11.4. The number of fused-ring (bicyclic) bond motifs is 1. The van der Waals surface area contributed by atoms with Gasteiger partial charge in [-0.05, 0) is 38.5 Å². The summed E-state index contributed by atoms with van der Waals surface area (Å²) >= 11 is 7.28. The van der Waals surface area contributed by atoms with Crippen molar-refractivity contribution in [2.75, 3.05) is 0 Å². The molecule has 0 fully saturated rings. The van der Waals surface area contributed by atoms with E-state index in [0.717, 1.165) is 10.4 Å². The molecule has 24 heavy (non-hydrogen) atoms. The van der Waals surface area contributed by atoms with Gasteiger partial charge in [0.1, 0.15) is 10.5 Å². The molecule has 0 saturated heterocycles. The van der Waals surface area contributed by atoms with Gasteiger partial charge in [0, 0.05) is 16.1 Å². The molecule has 0 spiro atoms. The minimum atomic E-state index is -0.724.